The molecule has 2 heterocycles. The zero-order valence-electron chi connectivity index (χ0n) is 29.7. The first-order valence-corrected chi connectivity index (χ1v) is 18.3. The van der Waals surface area contributed by atoms with Crippen molar-refractivity contribution in [1.82, 2.24) is 19.6 Å². The van der Waals surface area contributed by atoms with Gasteiger partial charge in [0.1, 0.15) is 11.1 Å². The largest absolute Gasteiger partial charge is 0.252 e. The van der Waals surface area contributed by atoms with Crippen molar-refractivity contribution in [2.45, 2.75) is 11.1 Å². The molecule has 9 aromatic rings. The minimum atomic E-state index is -0.667. The zero-order chi connectivity index (χ0) is 36.2. The number of hydrogen-bond acceptors (Lipinski definition) is 2. The molecule has 2 aromatic heterocycles. The maximum Gasteiger partial charge on any atom is 0.138 e. The molecule has 0 atom stereocenters. The van der Waals surface area contributed by atoms with E-state index < -0.39 is 11.1 Å². The monoisotopic (exact) mass is 694 g/mol. The minimum absolute atomic E-state index is 0.667. The smallest absolute Gasteiger partial charge is 0.138 e. The lowest BCUT2D eigenvalue weighted by Gasteiger charge is -2.36. The van der Waals surface area contributed by atoms with Gasteiger partial charge in [0.05, 0.1) is 12.4 Å². The number of aromatic nitrogens is 4. The van der Waals surface area contributed by atoms with Gasteiger partial charge in [-0.15, -0.1) is 0 Å². The van der Waals surface area contributed by atoms with Gasteiger partial charge >= 0.3 is 0 Å². The molecule has 7 aromatic carbocycles. The van der Waals surface area contributed by atoms with Crippen LogP contribution in [-0.2, 0) is 11.1 Å². The molecule has 0 radical (unpaired) electrons. The van der Waals surface area contributed by atoms with Crippen LogP contribution in [-0.4, -0.2) is 19.6 Å². The third-order valence-electron chi connectivity index (χ3n) is 10.6. The van der Waals surface area contributed by atoms with Crippen molar-refractivity contribution in [3.8, 4) is 22.3 Å². The Labute approximate surface area is 316 Å². The molecule has 0 aliphatic heterocycles. The molecule has 54 heavy (non-hydrogen) atoms. The van der Waals surface area contributed by atoms with Gasteiger partial charge in [0.25, 0.3) is 0 Å². The van der Waals surface area contributed by atoms with E-state index in [9.17, 15) is 0 Å². The molecule has 0 N–H and O–H groups in total. The minimum Gasteiger partial charge on any atom is -0.252 e. The quantitative estimate of drug-likeness (QED) is 0.134. The van der Waals surface area contributed by atoms with Crippen LogP contribution in [0.3, 0.4) is 0 Å². The molecule has 4 nitrogen and oxygen atoms in total. The van der Waals surface area contributed by atoms with Crippen molar-refractivity contribution < 1.29 is 0 Å². The SMILES string of the molecule is c1ccc(C(c2ccccc2)(c2ccccc2)n2cc(-c3ccc(-c4cnn(C(c5ccccc5)(c5ccccc5)c5ccccc5)c4)cc3)cn2)cc1. The van der Waals surface area contributed by atoms with Crippen LogP contribution >= 0.6 is 0 Å². The van der Waals surface area contributed by atoms with E-state index in [2.05, 4.69) is 228 Å². The molecule has 0 saturated heterocycles. The lowest BCUT2D eigenvalue weighted by atomic mass is 9.77. The highest BCUT2D eigenvalue weighted by Gasteiger charge is 2.40. The molecular formula is C50H38N4. The molecule has 0 amide bonds. The van der Waals surface area contributed by atoms with Crippen LogP contribution in [0.4, 0.5) is 0 Å². The van der Waals surface area contributed by atoms with Crippen LogP contribution < -0.4 is 0 Å². The van der Waals surface area contributed by atoms with Crippen LogP contribution in [0, 0.1) is 0 Å². The van der Waals surface area contributed by atoms with E-state index in [0.717, 1.165) is 55.6 Å². The van der Waals surface area contributed by atoms with Crippen molar-refractivity contribution in [2.24, 2.45) is 0 Å². The van der Waals surface area contributed by atoms with Crippen LogP contribution in [0.1, 0.15) is 33.4 Å². The fourth-order valence-corrected chi connectivity index (χ4v) is 8.04. The van der Waals surface area contributed by atoms with Crippen molar-refractivity contribution >= 4 is 0 Å². The summed E-state index contributed by atoms with van der Waals surface area (Å²) in [6, 6.07) is 72.7. The Kier molecular flexibility index (Phi) is 8.62. The third kappa shape index (κ3) is 5.56. The van der Waals surface area contributed by atoms with Gasteiger partial charge in [-0.2, -0.15) is 10.2 Å². The van der Waals surface area contributed by atoms with E-state index in [-0.39, 0.29) is 0 Å². The van der Waals surface area contributed by atoms with Gasteiger partial charge in [-0.1, -0.05) is 206 Å². The fraction of sp³-hybridized carbons (Fsp3) is 0.0400. The Balaban J connectivity index is 1.12. The predicted octanol–water partition coefficient (Wildman–Crippen LogP) is 11.1. The van der Waals surface area contributed by atoms with Gasteiger partial charge in [0, 0.05) is 23.5 Å². The maximum atomic E-state index is 5.09. The number of hydrogen-bond donors (Lipinski definition) is 0. The summed E-state index contributed by atoms with van der Waals surface area (Å²) < 4.78 is 4.24. The summed E-state index contributed by atoms with van der Waals surface area (Å²) in [6.45, 7) is 0. The summed E-state index contributed by atoms with van der Waals surface area (Å²) in [5.74, 6) is 0. The highest BCUT2D eigenvalue weighted by molar-refractivity contribution is 5.70. The van der Waals surface area contributed by atoms with Crippen LogP contribution in [0.15, 0.2) is 231 Å². The number of nitrogens with zero attached hydrogens (tertiary/aromatic N) is 4. The molecule has 9 rings (SSSR count). The standard InChI is InChI=1S/C50H38N4/c1-7-19-43(20-8-1)49(44-21-9-2-10-22-44,45-23-11-3-12-24-45)53-37-41(35-51-53)39-31-33-40(34-32-39)42-36-52-54(38-42)50(46-25-13-4-14-26-46,47-27-15-5-16-28-47)48-29-17-6-18-30-48/h1-38H. The molecule has 0 unspecified atom stereocenters. The summed E-state index contributed by atoms with van der Waals surface area (Å²) in [5, 5.41) is 10.2. The van der Waals surface area contributed by atoms with Gasteiger partial charge < -0.3 is 0 Å². The Morgan fingerprint density at radius 3 is 0.704 bits per heavy atom. The third-order valence-corrected chi connectivity index (χ3v) is 10.6. The normalized spacial score (nSPS) is 11.7. The topological polar surface area (TPSA) is 35.6 Å². The fourth-order valence-electron chi connectivity index (χ4n) is 8.04. The average molecular weight is 695 g/mol. The summed E-state index contributed by atoms with van der Waals surface area (Å²) in [5.41, 5.74) is 9.78. The van der Waals surface area contributed by atoms with Gasteiger partial charge in [-0.05, 0) is 44.5 Å². The summed E-state index contributed by atoms with van der Waals surface area (Å²) in [7, 11) is 0. The molecule has 4 heteroatoms. The first-order valence-electron chi connectivity index (χ1n) is 18.3. The van der Waals surface area contributed by atoms with E-state index in [0.29, 0.717) is 0 Å². The summed E-state index contributed by atoms with van der Waals surface area (Å²) in [4.78, 5) is 0. The first kappa shape index (κ1) is 32.8. The molecule has 0 saturated carbocycles. The van der Waals surface area contributed by atoms with Crippen LogP contribution in [0.5, 0.6) is 0 Å². The second-order valence-electron chi connectivity index (χ2n) is 13.5. The van der Waals surface area contributed by atoms with Gasteiger partial charge in [-0.3, -0.25) is 9.36 Å². The lowest BCUT2D eigenvalue weighted by molar-refractivity contribution is 0.460. The van der Waals surface area contributed by atoms with Crippen molar-refractivity contribution in [3.05, 3.63) is 264 Å². The predicted molar refractivity (Wildman–Crippen MR) is 218 cm³/mol. The molecule has 0 aliphatic rings. The number of benzene rings is 7. The Bertz CT molecular complexity index is 2180. The molecule has 0 fully saturated rings. The zero-order valence-corrected chi connectivity index (χ0v) is 29.7. The Hall–Kier alpha value is -7.04. The summed E-state index contributed by atoms with van der Waals surface area (Å²) >= 11 is 0. The average Bonchev–Trinajstić information content (AvgIpc) is 3.96. The van der Waals surface area contributed by atoms with Gasteiger partial charge in [-0.25, -0.2) is 0 Å². The van der Waals surface area contributed by atoms with E-state index >= 15 is 0 Å². The lowest BCUT2D eigenvalue weighted by Crippen LogP contribution is -2.38. The Morgan fingerprint density at radius 1 is 0.259 bits per heavy atom. The van der Waals surface area contributed by atoms with Crippen molar-refractivity contribution in [3.63, 3.8) is 0 Å². The van der Waals surface area contributed by atoms with E-state index in [1.165, 1.54) is 0 Å². The van der Waals surface area contributed by atoms with E-state index in [1.807, 2.05) is 12.4 Å². The van der Waals surface area contributed by atoms with E-state index in [4.69, 9.17) is 10.2 Å². The molecule has 0 bridgehead atoms. The van der Waals surface area contributed by atoms with Gasteiger partial charge in [0.2, 0.25) is 0 Å². The highest BCUT2D eigenvalue weighted by Crippen LogP contribution is 2.43. The van der Waals surface area contributed by atoms with Crippen LogP contribution in [0.2, 0.25) is 0 Å². The number of rotatable bonds is 10. The first-order chi connectivity index (χ1) is 26.8. The van der Waals surface area contributed by atoms with E-state index in [1.54, 1.807) is 0 Å². The molecule has 0 spiro atoms. The second-order valence-corrected chi connectivity index (χ2v) is 13.5. The van der Waals surface area contributed by atoms with Crippen molar-refractivity contribution in [2.75, 3.05) is 0 Å². The molecule has 0 aliphatic carbocycles. The second kappa shape index (κ2) is 14.2. The summed E-state index contributed by atoms with van der Waals surface area (Å²) in [6.07, 6.45) is 8.30. The molecular weight excluding hydrogens is 657 g/mol. The Morgan fingerprint density at radius 2 is 0.481 bits per heavy atom. The highest BCUT2D eigenvalue weighted by atomic mass is 15.3. The maximum absolute atomic E-state index is 5.09. The van der Waals surface area contributed by atoms with Gasteiger partial charge in [0.15, 0.2) is 0 Å². The molecule has 258 valence electrons. The van der Waals surface area contributed by atoms with Crippen molar-refractivity contribution in [1.29, 1.82) is 0 Å². The van der Waals surface area contributed by atoms with Crippen LogP contribution in [0.25, 0.3) is 22.3 Å².